The molecule has 3 aromatic rings. The zero-order valence-electron chi connectivity index (χ0n) is 18.5. The van der Waals surface area contributed by atoms with E-state index in [1.165, 1.54) is 0 Å². The monoisotopic (exact) mass is 472 g/mol. The van der Waals surface area contributed by atoms with Gasteiger partial charge in [0.25, 0.3) is 0 Å². The second kappa shape index (κ2) is 12.7. The van der Waals surface area contributed by atoms with Crippen molar-refractivity contribution in [2.24, 2.45) is 10.3 Å². The number of oxime groups is 2. The summed E-state index contributed by atoms with van der Waals surface area (Å²) in [6.45, 7) is 11.5. The van der Waals surface area contributed by atoms with Gasteiger partial charge in [0.1, 0.15) is 12.7 Å². The molecular formula is C25H20N4O4S. The summed E-state index contributed by atoms with van der Waals surface area (Å²) in [5, 5.41) is 17.1. The molecule has 3 aromatic carbocycles. The lowest BCUT2D eigenvalue weighted by Gasteiger charge is -2.03. The van der Waals surface area contributed by atoms with Crippen LogP contribution in [-0.4, -0.2) is 11.5 Å². The summed E-state index contributed by atoms with van der Waals surface area (Å²) in [5.74, 6) is 0.508. The predicted molar refractivity (Wildman–Crippen MR) is 129 cm³/mol. The number of hydrogen-bond donors (Lipinski definition) is 0. The van der Waals surface area contributed by atoms with Gasteiger partial charge >= 0.3 is 18.2 Å². The largest absolute Gasteiger partial charge is 0.390 e. The van der Waals surface area contributed by atoms with E-state index in [0.29, 0.717) is 29.2 Å². The van der Waals surface area contributed by atoms with Gasteiger partial charge in [0.15, 0.2) is 11.5 Å². The number of nitrogens with zero attached hydrogens (tertiary/aromatic N) is 4. The molecule has 0 N–H and O–H groups in total. The van der Waals surface area contributed by atoms with Crippen molar-refractivity contribution in [2.75, 3.05) is 0 Å². The van der Waals surface area contributed by atoms with Crippen molar-refractivity contribution in [3.8, 4) is 11.8 Å². The summed E-state index contributed by atoms with van der Waals surface area (Å²) in [5.41, 5.74) is 4.36. The van der Waals surface area contributed by atoms with E-state index in [4.69, 9.17) is 24.9 Å². The van der Waals surface area contributed by atoms with Crippen LogP contribution in [0.15, 0.2) is 83.1 Å². The van der Waals surface area contributed by atoms with Crippen LogP contribution in [0.3, 0.4) is 0 Å². The van der Waals surface area contributed by atoms with Crippen molar-refractivity contribution in [3.63, 3.8) is 0 Å². The van der Waals surface area contributed by atoms with E-state index < -0.39 is 0 Å². The summed E-state index contributed by atoms with van der Waals surface area (Å²) >= 11 is 0.479. The molecule has 0 bridgehead atoms. The molecule has 0 heterocycles. The molecular weight excluding hydrogens is 452 g/mol. The van der Waals surface area contributed by atoms with Crippen LogP contribution < -0.4 is 4.89 Å². The Morgan fingerprint density at radius 2 is 1.53 bits per heavy atom. The molecule has 0 aliphatic carbocycles. The van der Waals surface area contributed by atoms with Crippen LogP contribution in [0.25, 0.3) is 4.85 Å². The number of nitriles is 1. The van der Waals surface area contributed by atoms with E-state index in [1.807, 2.05) is 56.3 Å². The van der Waals surface area contributed by atoms with Crippen molar-refractivity contribution in [1.82, 2.24) is 0 Å². The first-order chi connectivity index (χ1) is 16.6. The summed E-state index contributed by atoms with van der Waals surface area (Å²) in [6, 6.07) is 23.7. The van der Waals surface area contributed by atoms with Gasteiger partial charge in [0.05, 0.1) is 5.16 Å². The lowest BCUT2D eigenvalue weighted by Crippen LogP contribution is -2.01. The average Bonchev–Trinajstić information content (AvgIpc) is 2.86. The Hall–Kier alpha value is -4.31. The zero-order valence-corrected chi connectivity index (χ0v) is 19.3. The molecule has 0 fully saturated rings. The Bertz CT molecular complexity index is 1230. The topological polar surface area (TPSA) is 89.8 Å². The maximum absolute atomic E-state index is 9.42. The first-order valence-corrected chi connectivity index (χ1v) is 10.7. The molecule has 0 spiro atoms. The van der Waals surface area contributed by atoms with Gasteiger partial charge in [-0.1, -0.05) is 87.9 Å². The minimum absolute atomic E-state index is 0.00375. The first kappa shape index (κ1) is 24.3. The summed E-state index contributed by atoms with van der Waals surface area (Å²) in [7, 11) is 0. The standard InChI is InChI=1S/C25H20N4O4S/c1-18-4-8-20(9-5-18)17-30-28-24(16-26)21-10-12-22(13-11-21)25(27-3)29-32-34-33-31-23-14-6-19(2)7-15-23/h4-15H,17H2,1-2H3. The van der Waals surface area contributed by atoms with E-state index in [9.17, 15) is 5.26 Å². The minimum Gasteiger partial charge on any atom is -0.390 e. The quantitative estimate of drug-likeness (QED) is 0.0692. The highest BCUT2D eigenvalue weighted by Crippen LogP contribution is 2.16. The van der Waals surface area contributed by atoms with Crippen LogP contribution >= 0.6 is 12.3 Å². The summed E-state index contributed by atoms with van der Waals surface area (Å²) in [4.78, 5) is 13.7. The minimum atomic E-state index is 0.00375. The van der Waals surface area contributed by atoms with Gasteiger partial charge in [-0.3, -0.25) is 0 Å². The van der Waals surface area contributed by atoms with Crippen LogP contribution in [0.4, 0.5) is 0 Å². The summed E-state index contributed by atoms with van der Waals surface area (Å²) < 4.78 is 9.79. The maximum Gasteiger partial charge on any atom is 0.326 e. The molecule has 9 heteroatoms. The average molecular weight is 473 g/mol. The molecule has 170 valence electrons. The lowest BCUT2D eigenvalue weighted by atomic mass is 10.1. The Balaban J connectivity index is 1.53. The van der Waals surface area contributed by atoms with Crippen LogP contribution in [0.2, 0.25) is 0 Å². The number of benzene rings is 3. The SMILES string of the molecule is [C-]#[N+]C(=NOSOOc1ccc(C)cc1)c1ccc(C(C#N)=NOCc2ccc(C)cc2)cc1. The predicted octanol–water partition coefficient (Wildman–Crippen LogP) is 5.92. The molecule has 0 saturated carbocycles. The zero-order chi connectivity index (χ0) is 24.2. The highest BCUT2D eigenvalue weighted by Gasteiger charge is 2.09. The second-order valence-electron chi connectivity index (χ2n) is 7.02. The van der Waals surface area contributed by atoms with Gasteiger partial charge in [-0.25, -0.2) is 4.28 Å². The van der Waals surface area contributed by atoms with Crippen LogP contribution in [-0.2, 0) is 20.1 Å². The molecule has 0 unspecified atom stereocenters. The molecule has 8 nitrogen and oxygen atoms in total. The van der Waals surface area contributed by atoms with Crippen LogP contribution in [0.1, 0.15) is 27.8 Å². The number of hydrogen-bond acceptors (Lipinski definition) is 8. The van der Waals surface area contributed by atoms with Gasteiger partial charge in [0.2, 0.25) is 0 Å². The Labute approximate surface area is 202 Å². The molecule has 0 aliphatic rings. The Kier molecular flexibility index (Phi) is 9.06. The molecule has 34 heavy (non-hydrogen) atoms. The van der Waals surface area contributed by atoms with E-state index in [-0.39, 0.29) is 18.2 Å². The second-order valence-corrected chi connectivity index (χ2v) is 7.44. The molecule has 0 aromatic heterocycles. The number of aryl methyl sites for hydroxylation is 2. The Morgan fingerprint density at radius 1 is 0.912 bits per heavy atom. The van der Waals surface area contributed by atoms with Gasteiger partial charge < -0.3 is 14.6 Å². The van der Waals surface area contributed by atoms with Gasteiger partial charge in [0, 0.05) is 11.1 Å². The molecule has 3 rings (SSSR count). The number of rotatable bonds is 10. The van der Waals surface area contributed by atoms with E-state index >= 15 is 0 Å². The van der Waals surface area contributed by atoms with Crippen molar-refractivity contribution in [3.05, 3.63) is 112 Å². The third kappa shape index (κ3) is 7.38. The highest BCUT2D eigenvalue weighted by atomic mass is 32.2. The van der Waals surface area contributed by atoms with Crippen molar-refractivity contribution < 1.29 is 18.3 Å². The van der Waals surface area contributed by atoms with E-state index in [0.717, 1.165) is 16.7 Å². The molecule has 0 aliphatic heterocycles. The van der Waals surface area contributed by atoms with Crippen molar-refractivity contribution in [1.29, 1.82) is 5.26 Å². The van der Waals surface area contributed by atoms with E-state index in [2.05, 4.69) is 15.2 Å². The van der Waals surface area contributed by atoms with Gasteiger partial charge in [-0.2, -0.15) is 5.26 Å². The summed E-state index contributed by atoms with van der Waals surface area (Å²) in [6.07, 6.45) is 0. The Morgan fingerprint density at radius 3 is 2.15 bits per heavy atom. The van der Waals surface area contributed by atoms with Crippen LogP contribution in [0, 0.1) is 31.8 Å². The van der Waals surface area contributed by atoms with E-state index in [1.54, 1.807) is 36.4 Å². The number of amidine groups is 1. The highest BCUT2D eigenvalue weighted by molar-refractivity contribution is 7.89. The molecule has 0 saturated heterocycles. The fraction of sp³-hybridized carbons (Fsp3) is 0.120. The third-order valence-electron chi connectivity index (χ3n) is 4.47. The first-order valence-electron chi connectivity index (χ1n) is 10.0. The van der Waals surface area contributed by atoms with Crippen molar-refractivity contribution in [2.45, 2.75) is 20.5 Å². The molecule has 0 amide bonds. The third-order valence-corrected chi connectivity index (χ3v) is 4.73. The normalized spacial score (nSPS) is 11.3. The van der Waals surface area contributed by atoms with Gasteiger partial charge in [-0.05, 0) is 31.5 Å². The lowest BCUT2D eigenvalue weighted by molar-refractivity contribution is -0.0867. The van der Waals surface area contributed by atoms with Crippen LogP contribution in [0.5, 0.6) is 5.75 Å². The van der Waals surface area contributed by atoms with Crippen molar-refractivity contribution >= 4 is 23.9 Å². The van der Waals surface area contributed by atoms with Gasteiger partial charge in [-0.15, -0.1) is 0 Å². The molecule has 0 radical (unpaired) electrons. The molecule has 0 atom stereocenters. The maximum atomic E-state index is 9.42. The fourth-order valence-electron chi connectivity index (χ4n) is 2.62. The fourth-order valence-corrected chi connectivity index (χ4v) is 2.85. The smallest absolute Gasteiger partial charge is 0.326 e.